The molecular weight excluding hydrogens is 182 g/mol. The highest BCUT2D eigenvalue weighted by Crippen LogP contribution is 2.25. The zero-order valence-corrected chi connectivity index (χ0v) is 8.51. The van der Waals surface area contributed by atoms with Crippen molar-refractivity contribution in [2.45, 2.75) is 13.3 Å². The maximum absolute atomic E-state index is 4.31. The van der Waals surface area contributed by atoms with Crippen LogP contribution in [0.25, 0.3) is 10.6 Å². The van der Waals surface area contributed by atoms with E-state index in [0.29, 0.717) is 0 Å². The van der Waals surface area contributed by atoms with Crippen LogP contribution < -0.4 is 0 Å². The molecule has 0 unspecified atom stereocenters. The smallest absolute Gasteiger partial charge is 0.0929 e. The van der Waals surface area contributed by atoms with E-state index in [4.69, 9.17) is 0 Å². The van der Waals surface area contributed by atoms with E-state index in [9.17, 15) is 0 Å². The first kappa shape index (κ1) is 8.44. The molecule has 0 radical (unpaired) electrons. The Kier molecular flexibility index (Phi) is 2.14. The molecule has 0 N–H and O–H groups in total. The van der Waals surface area contributed by atoms with Gasteiger partial charge in [-0.1, -0.05) is 6.92 Å². The van der Waals surface area contributed by atoms with Crippen LogP contribution in [0.2, 0.25) is 0 Å². The lowest BCUT2D eigenvalue weighted by Gasteiger charge is -1.95. The standard InChI is InChI=1S/C9H11N3S/c1-3-9-10-6-8(13-9)7-4-5-11-12(7)2/h4-6H,3H2,1-2H3. The summed E-state index contributed by atoms with van der Waals surface area (Å²) in [6.45, 7) is 2.12. The second-order valence-corrected chi connectivity index (χ2v) is 3.93. The van der Waals surface area contributed by atoms with Gasteiger partial charge in [-0.3, -0.25) is 4.68 Å². The van der Waals surface area contributed by atoms with Gasteiger partial charge in [0.25, 0.3) is 0 Å². The van der Waals surface area contributed by atoms with Crippen molar-refractivity contribution in [3.05, 3.63) is 23.5 Å². The Morgan fingerprint density at radius 2 is 2.38 bits per heavy atom. The molecule has 0 aliphatic carbocycles. The highest BCUT2D eigenvalue weighted by molar-refractivity contribution is 7.15. The summed E-state index contributed by atoms with van der Waals surface area (Å²) >= 11 is 1.73. The van der Waals surface area contributed by atoms with Gasteiger partial charge in [0.2, 0.25) is 0 Å². The van der Waals surface area contributed by atoms with Crippen molar-refractivity contribution in [2.24, 2.45) is 7.05 Å². The van der Waals surface area contributed by atoms with Gasteiger partial charge >= 0.3 is 0 Å². The van der Waals surface area contributed by atoms with E-state index < -0.39 is 0 Å². The van der Waals surface area contributed by atoms with E-state index in [-0.39, 0.29) is 0 Å². The van der Waals surface area contributed by atoms with Gasteiger partial charge in [-0.2, -0.15) is 5.10 Å². The number of aromatic nitrogens is 3. The summed E-state index contributed by atoms with van der Waals surface area (Å²) in [7, 11) is 1.95. The van der Waals surface area contributed by atoms with E-state index >= 15 is 0 Å². The minimum atomic E-state index is 1.00. The van der Waals surface area contributed by atoms with E-state index in [2.05, 4.69) is 17.0 Å². The van der Waals surface area contributed by atoms with Crippen molar-refractivity contribution in [1.29, 1.82) is 0 Å². The van der Waals surface area contributed by atoms with Gasteiger partial charge in [-0.05, 0) is 12.5 Å². The molecule has 0 spiro atoms. The minimum absolute atomic E-state index is 1.00. The second kappa shape index (κ2) is 3.30. The van der Waals surface area contributed by atoms with Crippen LogP contribution >= 0.6 is 11.3 Å². The number of thiazole rings is 1. The van der Waals surface area contributed by atoms with Crippen LogP contribution in [0.5, 0.6) is 0 Å². The third-order valence-corrected chi connectivity index (χ3v) is 3.09. The molecule has 0 saturated carbocycles. The zero-order valence-electron chi connectivity index (χ0n) is 7.69. The molecule has 0 aliphatic heterocycles. The van der Waals surface area contributed by atoms with Crippen molar-refractivity contribution in [1.82, 2.24) is 14.8 Å². The molecule has 0 atom stereocenters. The first-order chi connectivity index (χ1) is 6.31. The molecule has 2 rings (SSSR count). The van der Waals surface area contributed by atoms with Gasteiger partial charge < -0.3 is 0 Å². The van der Waals surface area contributed by atoms with Gasteiger partial charge in [0.15, 0.2) is 0 Å². The van der Waals surface area contributed by atoms with E-state index in [1.165, 1.54) is 9.88 Å². The molecule has 68 valence electrons. The van der Waals surface area contributed by atoms with E-state index in [1.54, 1.807) is 17.5 Å². The summed E-state index contributed by atoms with van der Waals surface area (Å²) in [5.41, 5.74) is 1.14. The van der Waals surface area contributed by atoms with Crippen molar-refractivity contribution in [3.8, 4) is 10.6 Å². The molecule has 13 heavy (non-hydrogen) atoms. The molecule has 0 aliphatic rings. The second-order valence-electron chi connectivity index (χ2n) is 2.81. The molecule has 0 bridgehead atoms. The van der Waals surface area contributed by atoms with Crippen LogP contribution in [0.15, 0.2) is 18.5 Å². The Bertz CT molecular complexity index is 402. The van der Waals surface area contributed by atoms with Gasteiger partial charge in [0.05, 0.1) is 15.6 Å². The van der Waals surface area contributed by atoms with Gasteiger partial charge in [0, 0.05) is 19.4 Å². The lowest BCUT2D eigenvalue weighted by molar-refractivity contribution is 0.777. The highest BCUT2D eigenvalue weighted by atomic mass is 32.1. The van der Waals surface area contributed by atoms with Crippen molar-refractivity contribution in [2.75, 3.05) is 0 Å². The van der Waals surface area contributed by atoms with Crippen LogP contribution in [-0.4, -0.2) is 14.8 Å². The normalized spacial score (nSPS) is 10.6. The molecule has 0 aromatic carbocycles. The van der Waals surface area contributed by atoms with Crippen LogP contribution in [0.4, 0.5) is 0 Å². The Morgan fingerprint density at radius 1 is 1.54 bits per heavy atom. The van der Waals surface area contributed by atoms with Gasteiger partial charge in [-0.15, -0.1) is 11.3 Å². The number of hydrogen-bond donors (Lipinski definition) is 0. The van der Waals surface area contributed by atoms with Crippen LogP contribution in [0, 0.1) is 0 Å². The van der Waals surface area contributed by atoms with Gasteiger partial charge in [0.1, 0.15) is 0 Å². The van der Waals surface area contributed by atoms with Crippen molar-refractivity contribution in [3.63, 3.8) is 0 Å². The number of hydrogen-bond acceptors (Lipinski definition) is 3. The molecule has 0 saturated heterocycles. The van der Waals surface area contributed by atoms with Crippen LogP contribution in [0.3, 0.4) is 0 Å². The maximum atomic E-state index is 4.31. The summed E-state index contributed by atoms with van der Waals surface area (Å²) in [5.74, 6) is 0. The average Bonchev–Trinajstić information content (AvgIpc) is 2.71. The summed E-state index contributed by atoms with van der Waals surface area (Å²) in [6, 6.07) is 2.01. The summed E-state index contributed by atoms with van der Waals surface area (Å²) in [4.78, 5) is 5.50. The zero-order chi connectivity index (χ0) is 9.26. The number of nitrogens with zero attached hydrogens (tertiary/aromatic N) is 3. The Hall–Kier alpha value is -1.16. The highest BCUT2D eigenvalue weighted by Gasteiger charge is 2.05. The molecule has 3 nitrogen and oxygen atoms in total. The fourth-order valence-corrected chi connectivity index (χ4v) is 2.12. The maximum Gasteiger partial charge on any atom is 0.0929 e. The monoisotopic (exact) mass is 193 g/mol. The third kappa shape index (κ3) is 1.49. The predicted octanol–water partition coefficient (Wildman–Crippen LogP) is 2.11. The first-order valence-electron chi connectivity index (χ1n) is 4.24. The topological polar surface area (TPSA) is 30.7 Å². The van der Waals surface area contributed by atoms with Crippen molar-refractivity contribution >= 4 is 11.3 Å². The average molecular weight is 193 g/mol. The lowest BCUT2D eigenvalue weighted by Crippen LogP contribution is -1.90. The molecule has 0 amide bonds. The summed E-state index contributed by atoms with van der Waals surface area (Å²) in [5, 5.41) is 5.30. The molecule has 2 heterocycles. The Balaban J connectivity index is 2.41. The molecule has 0 fully saturated rings. The molecule has 4 heteroatoms. The Morgan fingerprint density at radius 3 is 2.92 bits per heavy atom. The summed E-state index contributed by atoms with van der Waals surface area (Å²) < 4.78 is 1.87. The predicted molar refractivity (Wildman–Crippen MR) is 53.7 cm³/mol. The molecule has 2 aromatic heterocycles. The molecule has 2 aromatic rings. The van der Waals surface area contributed by atoms with Gasteiger partial charge in [-0.25, -0.2) is 4.98 Å². The quantitative estimate of drug-likeness (QED) is 0.731. The van der Waals surface area contributed by atoms with E-state index in [0.717, 1.165) is 12.1 Å². The minimum Gasteiger partial charge on any atom is -0.267 e. The number of aryl methyl sites for hydroxylation is 2. The SMILES string of the molecule is CCc1ncc(-c2ccnn2C)s1. The molecular formula is C9H11N3S. The van der Waals surface area contributed by atoms with Crippen molar-refractivity contribution < 1.29 is 0 Å². The number of rotatable bonds is 2. The van der Waals surface area contributed by atoms with Crippen LogP contribution in [0.1, 0.15) is 11.9 Å². The first-order valence-corrected chi connectivity index (χ1v) is 5.06. The van der Waals surface area contributed by atoms with Crippen LogP contribution in [-0.2, 0) is 13.5 Å². The fourth-order valence-electron chi connectivity index (χ4n) is 1.21. The van der Waals surface area contributed by atoms with E-state index in [1.807, 2.05) is 24.0 Å². The third-order valence-electron chi connectivity index (χ3n) is 1.93. The summed E-state index contributed by atoms with van der Waals surface area (Å²) in [6.07, 6.45) is 4.73. The largest absolute Gasteiger partial charge is 0.267 e. The fraction of sp³-hybridized carbons (Fsp3) is 0.333. The Labute approximate surface area is 81.1 Å². The lowest BCUT2D eigenvalue weighted by atomic mass is 10.4.